The van der Waals surface area contributed by atoms with Gasteiger partial charge in [-0.05, 0) is 32.9 Å². The van der Waals surface area contributed by atoms with Gasteiger partial charge in [-0.15, -0.1) is 0 Å². The SMILES string of the molecule is C[C@H](Nc1nc(F)cc(N2C(=O)OCC2(C)C)n1)c1ccc(C(F)(F)F)cc1F. The number of benzene rings is 1. The molecule has 1 aliphatic heterocycles. The number of cyclic esters (lactones) is 1. The van der Waals surface area contributed by atoms with Crippen molar-refractivity contribution in [1.82, 2.24) is 9.97 Å². The van der Waals surface area contributed by atoms with Gasteiger partial charge >= 0.3 is 12.3 Å². The Bertz CT molecular complexity index is 948. The summed E-state index contributed by atoms with van der Waals surface area (Å²) in [4.78, 5) is 20.8. The summed E-state index contributed by atoms with van der Waals surface area (Å²) in [5.41, 5.74) is -1.99. The van der Waals surface area contributed by atoms with Crippen LogP contribution in [0.25, 0.3) is 0 Å². The third kappa shape index (κ3) is 4.22. The number of carbonyl (C=O) groups excluding carboxylic acids is 1. The van der Waals surface area contributed by atoms with Crippen LogP contribution in [0.1, 0.15) is 37.9 Å². The second kappa shape index (κ2) is 7.12. The van der Waals surface area contributed by atoms with E-state index in [-0.39, 0.29) is 23.9 Å². The Balaban J connectivity index is 1.87. The van der Waals surface area contributed by atoms with Crippen molar-refractivity contribution < 1.29 is 31.5 Å². The van der Waals surface area contributed by atoms with E-state index in [1.54, 1.807) is 13.8 Å². The summed E-state index contributed by atoms with van der Waals surface area (Å²) < 4.78 is 71.2. The molecule has 0 saturated carbocycles. The van der Waals surface area contributed by atoms with Crippen LogP contribution in [0, 0.1) is 11.8 Å². The van der Waals surface area contributed by atoms with Gasteiger partial charge in [-0.1, -0.05) is 6.07 Å². The molecule has 0 radical (unpaired) electrons. The molecule has 3 rings (SSSR count). The average molecular weight is 416 g/mol. The zero-order valence-corrected chi connectivity index (χ0v) is 15.6. The van der Waals surface area contributed by atoms with Gasteiger partial charge in [0, 0.05) is 11.6 Å². The molecule has 156 valence electrons. The number of aromatic nitrogens is 2. The lowest BCUT2D eigenvalue weighted by Gasteiger charge is -2.27. The van der Waals surface area contributed by atoms with Crippen LogP contribution in [0.2, 0.25) is 0 Å². The Morgan fingerprint density at radius 2 is 1.90 bits per heavy atom. The molecule has 2 aromatic rings. The van der Waals surface area contributed by atoms with E-state index in [0.717, 1.165) is 23.1 Å². The third-order valence-corrected chi connectivity index (χ3v) is 4.39. The van der Waals surface area contributed by atoms with Crippen LogP contribution < -0.4 is 10.2 Å². The van der Waals surface area contributed by atoms with Gasteiger partial charge in [-0.2, -0.15) is 27.5 Å². The maximum absolute atomic E-state index is 14.2. The summed E-state index contributed by atoms with van der Waals surface area (Å²) in [6.45, 7) is 4.93. The van der Waals surface area contributed by atoms with Crippen molar-refractivity contribution in [2.24, 2.45) is 0 Å². The molecule has 11 heteroatoms. The molecule has 1 N–H and O–H groups in total. The molecule has 1 fully saturated rings. The van der Waals surface area contributed by atoms with E-state index in [0.29, 0.717) is 6.07 Å². The maximum atomic E-state index is 14.2. The van der Waals surface area contributed by atoms with Gasteiger partial charge in [-0.3, -0.25) is 4.90 Å². The van der Waals surface area contributed by atoms with Crippen LogP contribution in [0.4, 0.5) is 38.5 Å². The first kappa shape index (κ1) is 20.7. The standard InChI is InChI=1S/C18H17F5N4O2/c1-9(11-5-4-10(6-12(11)19)18(21,22)23)24-15-25-13(20)7-14(26-15)27-16(28)29-8-17(27,2)3/h4-7,9H,8H2,1-3H3,(H,24,25,26)/t9-/m0/s1. The number of rotatable bonds is 4. The van der Waals surface area contributed by atoms with Gasteiger partial charge in [0.25, 0.3) is 0 Å². The lowest BCUT2D eigenvalue weighted by atomic mass is 10.0. The van der Waals surface area contributed by atoms with E-state index in [4.69, 9.17) is 4.74 Å². The summed E-state index contributed by atoms with van der Waals surface area (Å²) in [6, 6.07) is 2.18. The minimum atomic E-state index is -4.67. The molecular weight excluding hydrogens is 399 g/mol. The fourth-order valence-electron chi connectivity index (χ4n) is 2.93. The van der Waals surface area contributed by atoms with Crippen molar-refractivity contribution in [2.45, 2.75) is 38.5 Å². The first-order chi connectivity index (χ1) is 13.4. The topological polar surface area (TPSA) is 67.4 Å². The first-order valence-corrected chi connectivity index (χ1v) is 8.53. The summed E-state index contributed by atoms with van der Waals surface area (Å²) in [5, 5.41) is 2.64. The monoisotopic (exact) mass is 416 g/mol. The molecule has 1 amide bonds. The molecule has 2 heterocycles. The lowest BCUT2D eigenvalue weighted by Crippen LogP contribution is -2.42. The molecule has 0 bridgehead atoms. The summed E-state index contributed by atoms with van der Waals surface area (Å²) in [5.74, 6) is -2.36. The Hall–Kier alpha value is -2.98. The molecule has 1 atom stereocenters. The predicted molar refractivity (Wildman–Crippen MR) is 93.3 cm³/mol. The van der Waals surface area contributed by atoms with Gasteiger partial charge in [0.1, 0.15) is 18.2 Å². The fourth-order valence-corrected chi connectivity index (χ4v) is 2.93. The highest BCUT2D eigenvalue weighted by molar-refractivity contribution is 5.90. The van der Waals surface area contributed by atoms with Crippen LogP contribution in [0.5, 0.6) is 0 Å². The molecule has 1 aromatic heterocycles. The van der Waals surface area contributed by atoms with Crippen molar-refractivity contribution >= 4 is 17.9 Å². The fraction of sp³-hybridized carbons (Fsp3) is 0.389. The Morgan fingerprint density at radius 3 is 2.45 bits per heavy atom. The average Bonchev–Trinajstić information content (AvgIpc) is 2.86. The van der Waals surface area contributed by atoms with Crippen molar-refractivity contribution in [3.05, 3.63) is 47.2 Å². The molecule has 1 aliphatic rings. The van der Waals surface area contributed by atoms with E-state index < -0.39 is 41.2 Å². The van der Waals surface area contributed by atoms with Gasteiger partial charge in [0.2, 0.25) is 11.9 Å². The maximum Gasteiger partial charge on any atom is 0.416 e. The highest BCUT2D eigenvalue weighted by Crippen LogP contribution is 2.33. The summed E-state index contributed by atoms with van der Waals surface area (Å²) >= 11 is 0. The van der Waals surface area contributed by atoms with Crippen LogP contribution in [-0.4, -0.2) is 28.2 Å². The normalized spacial score (nSPS) is 17.2. The number of hydrogen-bond acceptors (Lipinski definition) is 5. The highest BCUT2D eigenvalue weighted by atomic mass is 19.4. The Kier molecular flexibility index (Phi) is 5.10. The third-order valence-electron chi connectivity index (χ3n) is 4.39. The number of nitrogens with zero attached hydrogens (tertiary/aromatic N) is 3. The lowest BCUT2D eigenvalue weighted by molar-refractivity contribution is -0.137. The zero-order valence-electron chi connectivity index (χ0n) is 15.6. The quantitative estimate of drug-likeness (QED) is 0.579. The number of halogens is 5. The minimum absolute atomic E-state index is 0.0624. The van der Waals surface area contributed by atoms with Crippen LogP contribution in [0.15, 0.2) is 24.3 Å². The Morgan fingerprint density at radius 1 is 1.21 bits per heavy atom. The van der Waals surface area contributed by atoms with Gasteiger partial charge in [0.15, 0.2) is 0 Å². The second-order valence-corrected chi connectivity index (χ2v) is 7.17. The van der Waals surface area contributed by atoms with Crippen LogP contribution in [-0.2, 0) is 10.9 Å². The van der Waals surface area contributed by atoms with Gasteiger partial charge < -0.3 is 10.1 Å². The number of alkyl halides is 3. The molecular formula is C18H17F5N4O2. The number of carbonyl (C=O) groups is 1. The van der Waals surface area contributed by atoms with E-state index >= 15 is 0 Å². The molecule has 0 aliphatic carbocycles. The molecule has 6 nitrogen and oxygen atoms in total. The second-order valence-electron chi connectivity index (χ2n) is 7.17. The molecule has 0 spiro atoms. The van der Waals surface area contributed by atoms with Crippen molar-refractivity contribution in [3.8, 4) is 0 Å². The number of amides is 1. The molecule has 29 heavy (non-hydrogen) atoms. The van der Waals surface area contributed by atoms with Gasteiger partial charge in [0.05, 0.1) is 17.1 Å². The Labute approximate surface area is 162 Å². The van der Waals surface area contributed by atoms with Crippen LogP contribution in [0.3, 0.4) is 0 Å². The van der Waals surface area contributed by atoms with E-state index in [2.05, 4.69) is 15.3 Å². The largest absolute Gasteiger partial charge is 0.447 e. The number of nitrogens with one attached hydrogen (secondary N) is 1. The van der Waals surface area contributed by atoms with Gasteiger partial charge in [-0.25, -0.2) is 9.18 Å². The number of hydrogen-bond donors (Lipinski definition) is 1. The number of ether oxygens (including phenoxy) is 1. The van der Waals surface area contributed by atoms with Crippen molar-refractivity contribution in [3.63, 3.8) is 0 Å². The first-order valence-electron chi connectivity index (χ1n) is 8.53. The molecule has 1 aromatic carbocycles. The van der Waals surface area contributed by atoms with E-state index in [1.165, 1.54) is 6.92 Å². The highest BCUT2D eigenvalue weighted by Gasteiger charge is 2.42. The summed E-state index contributed by atoms with van der Waals surface area (Å²) in [7, 11) is 0. The molecule has 1 saturated heterocycles. The number of anilines is 2. The van der Waals surface area contributed by atoms with E-state index in [1.807, 2.05) is 0 Å². The zero-order chi connectivity index (χ0) is 21.6. The summed E-state index contributed by atoms with van der Waals surface area (Å²) in [6.07, 6.45) is -5.38. The van der Waals surface area contributed by atoms with Crippen molar-refractivity contribution in [2.75, 3.05) is 16.8 Å². The smallest absolute Gasteiger partial charge is 0.416 e. The van der Waals surface area contributed by atoms with Crippen molar-refractivity contribution in [1.29, 1.82) is 0 Å². The molecule has 0 unspecified atom stereocenters. The predicted octanol–water partition coefficient (Wildman–Crippen LogP) is 4.68. The van der Waals surface area contributed by atoms with E-state index in [9.17, 15) is 26.7 Å². The van der Waals surface area contributed by atoms with Crippen LogP contribution >= 0.6 is 0 Å². The minimum Gasteiger partial charge on any atom is -0.447 e.